The standard InChI is InChI=1S/C14H19ClO2/c1-10(2)5-4-6-13(16)11-7-8-14(17-3)12(15)9-11/h7-10H,4-6H2,1-3H3. The molecule has 0 unspecified atom stereocenters. The van der Waals surface area contributed by atoms with E-state index >= 15 is 0 Å². The summed E-state index contributed by atoms with van der Waals surface area (Å²) >= 11 is 5.98. The molecule has 1 rings (SSSR count). The normalized spacial score (nSPS) is 10.6. The van der Waals surface area contributed by atoms with Crippen LogP contribution in [0.5, 0.6) is 5.75 Å². The van der Waals surface area contributed by atoms with Crippen LogP contribution in [0.25, 0.3) is 0 Å². The van der Waals surface area contributed by atoms with Crippen molar-refractivity contribution in [3.63, 3.8) is 0 Å². The number of carbonyl (C=O) groups excluding carboxylic acids is 1. The lowest BCUT2D eigenvalue weighted by molar-refractivity contribution is 0.0978. The molecule has 0 heterocycles. The lowest BCUT2D eigenvalue weighted by Crippen LogP contribution is -2.00. The van der Waals surface area contributed by atoms with Crippen molar-refractivity contribution in [3.8, 4) is 5.75 Å². The largest absolute Gasteiger partial charge is 0.495 e. The number of halogens is 1. The van der Waals surface area contributed by atoms with Crippen molar-refractivity contribution < 1.29 is 9.53 Å². The molecule has 0 bridgehead atoms. The average molecular weight is 255 g/mol. The zero-order valence-corrected chi connectivity index (χ0v) is 11.4. The maximum absolute atomic E-state index is 11.9. The van der Waals surface area contributed by atoms with E-state index in [-0.39, 0.29) is 5.78 Å². The van der Waals surface area contributed by atoms with Gasteiger partial charge in [-0.15, -0.1) is 0 Å². The quantitative estimate of drug-likeness (QED) is 0.705. The minimum atomic E-state index is 0.148. The number of rotatable bonds is 6. The van der Waals surface area contributed by atoms with Gasteiger partial charge in [0.05, 0.1) is 12.1 Å². The highest BCUT2D eigenvalue weighted by atomic mass is 35.5. The molecule has 0 aliphatic rings. The van der Waals surface area contributed by atoms with Crippen LogP contribution >= 0.6 is 11.6 Å². The molecular formula is C14H19ClO2. The van der Waals surface area contributed by atoms with E-state index < -0.39 is 0 Å². The Morgan fingerprint density at radius 2 is 2.12 bits per heavy atom. The van der Waals surface area contributed by atoms with E-state index in [1.807, 2.05) is 0 Å². The Morgan fingerprint density at radius 1 is 1.41 bits per heavy atom. The summed E-state index contributed by atoms with van der Waals surface area (Å²) in [4.78, 5) is 11.9. The SMILES string of the molecule is COc1ccc(C(=O)CCCC(C)C)cc1Cl. The van der Waals surface area contributed by atoms with Crippen LogP contribution < -0.4 is 4.74 Å². The predicted octanol–water partition coefficient (Wildman–Crippen LogP) is 4.36. The Kier molecular flexibility index (Phi) is 5.49. The van der Waals surface area contributed by atoms with Gasteiger partial charge in [0.2, 0.25) is 0 Å². The van der Waals surface area contributed by atoms with Gasteiger partial charge in [0.15, 0.2) is 5.78 Å². The summed E-state index contributed by atoms with van der Waals surface area (Å²) in [6.07, 6.45) is 2.59. The monoisotopic (exact) mass is 254 g/mol. The molecule has 3 heteroatoms. The summed E-state index contributed by atoms with van der Waals surface area (Å²) in [7, 11) is 1.56. The number of benzene rings is 1. The fraction of sp³-hybridized carbons (Fsp3) is 0.500. The van der Waals surface area contributed by atoms with Crippen LogP contribution in [-0.2, 0) is 0 Å². The molecule has 0 amide bonds. The van der Waals surface area contributed by atoms with Gasteiger partial charge in [-0.05, 0) is 30.5 Å². The summed E-state index contributed by atoms with van der Waals surface area (Å²) in [6.45, 7) is 4.32. The molecule has 0 spiro atoms. The third kappa shape index (κ3) is 4.39. The highest BCUT2D eigenvalue weighted by Gasteiger charge is 2.09. The molecule has 17 heavy (non-hydrogen) atoms. The summed E-state index contributed by atoms with van der Waals surface area (Å²) < 4.78 is 5.05. The second-order valence-electron chi connectivity index (χ2n) is 4.56. The highest BCUT2D eigenvalue weighted by Crippen LogP contribution is 2.25. The Labute approximate surface area is 108 Å². The van der Waals surface area contributed by atoms with Gasteiger partial charge in [0, 0.05) is 12.0 Å². The molecule has 0 atom stereocenters. The molecule has 0 saturated carbocycles. The number of Topliss-reactive ketones (excluding diaryl/α,β-unsaturated/α-hetero) is 1. The van der Waals surface area contributed by atoms with E-state index in [9.17, 15) is 4.79 Å². The second-order valence-corrected chi connectivity index (χ2v) is 4.97. The number of carbonyl (C=O) groups is 1. The first-order chi connectivity index (χ1) is 8.04. The van der Waals surface area contributed by atoms with Crippen LogP contribution in [0.15, 0.2) is 18.2 Å². The van der Waals surface area contributed by atoms with Gasteiger partial charge in [-0.1, -0.05) is 31.9 Å². The number of hydrogen-bond acceptors (Lipinski definition) is 2. The Balaban J connectivity index is 2.60. The van der Waals surface area contributed by atoms with Gasteiger partial charge in [-0.3, -0.25) is 4.79 Å². The molecule has 0 fully saturated rings. The van der Waals surface area contributed by atoms with Crippen molar-refractivity contribution in [2.75, 3.05) is 7.11 Å². The van der Waals surface area contributed by atoms with Crippen LogP contribution in [0.3, 0.4) is 0 Å². The fourth-order valence-electron chi connectivity index (χ4n) is 1.66. The van der Waals surface area contributed by atoms with Crippen LogP contribution in [-0.4, -0.2) is 12.9 Å². The van der Waals surface area contributed by atoms with E-state index in [0.717, 1.165) is 12.8 Å². The Bertz CT molecular complexity index is 386. The van der Waals surface area contributed by atoms with E-state index in [0.29, 0.717) is 28.7 Å². The lowest BCUT2D eigenvalue weighted by Gasteiger charge is -2.06. The molecule has 1 aromatic carbocycles. The van der Waals surface area contributed by atoms with Crippen molar-refractivity contribution >= 4 is 17.4 Å². The van der Waals surface area contributed by atoms with Crippen LogP contribution in [0, 0.1) is 5.92 Å². The number of ketones is 1. The third-order valence-corrected chi connectivity index (χ3v) is 2.95. The maximum atomic E-state index is 11.9. The summed E-state index contributed by atoms with van der Waals surface area (Å²) in [6, 6.07) is 5.18. The zero-order chi connectivity index (χ0) is 12.8. The van der Waals surface area contributed by atoms with E-state index in [1.165, 1.54) is 0 Å². The molecule has 2 nitrogen and oxygen atoms in total. The van der Waals surface area contributed by atoms with Gasteiger partial charge >= 0.3 is 0 Å². The van der Waals surface area contributed by atoms with Crippen molar-refractivity contribution in [2.45, 2.75) is 33.1 Å². The molecule has 1 aromatic rings. The van der Waals surface area contributed by atoms with Gasteiger partial charge in [-0.2, -0.15) is 0 Å². The highest BCUT2D eigenvalue weighted by molar-refractivity contribution is 6.32. The molecule has 0 N–H and O–H groups in total. The van der Waals surface area contributed by atoms with Crippen molar-refractivity contribution in [2.24, 2.45) is 5.92 Å². The van der Waals surface area contributed by atoms with Crippen molar-refractivity contribution in [3.05, 3.63) is 28.8 Å². The zero-order valence-electron chi connectivity index (χ0n) is 10.6. The number of ether oxygens (including phenoxy) is 1. The van der Waals surface area contributed by atoms with Crippen LogP contribution in [0.4, 0.5) is 0 Å². The second kappa shape index (κ2) is 6.65. The third-order valence-electron chi connectivity index (χ3n) is 2.66. The van der Waals surface area contributed by atoms with E-state index in [1.54, 1.807) is 25.3 Å². The molecular weight excluding hydrogens is 236 g/mol. The molecule has 0 aliphatic carbocycles. The summed E-state index contributed by atoms with van der Waals surface area (Å²) in [5, 5.41) is 0.488. The minimum Gasteiger partial charge on any atom is -0.495 e. The first-order valence-corrected chi connectivity index (χ1v) is 6.29. The van der Waals surface area contributed by atoms with Gasteiger partial charge in [-0.25, -0.2) is 0 Å². The molecule has 0 aliphatic heterocycles. The van der Waals surface area contributed by atoms with Gasteiger partial charge < -0.3 is 4.74 Å². The first kappa shape index (κ1) is 14.0. The Hall–Kier alpha value is -1.02. The molecule has 0 saturated heterocycles. The summed E-state index contributed by atoms with van der Waals surface area (Å²) in [5.74, 6) is 1.39. The first-order valence-electron chi connectivity index (χ1n) is 5.91. The molecule has 0 aromatic heterocycles. The van der Waals surface area contributed by atoms with Gasteiger partial charge in [0.1, 0.15) is 5.75 Å². The molecule has 0 radical (unpaired) electrons. The predicted molar refractivity (Wildman–Crippen MR) is 71.0 cm³/mol. The number of methoxy groups -OCH3 is 1. The minimum absolute atomic E-state index is 0.148. The Morgan fingerprint density at radius 3 is 2.65 bits per heavy atom. The topological polar surface area (TPSA) is 26.3 Å². The fourth-order valence-corrected chi connectivity index (χ4v) is 1.91. The smallest absolute Gasteiger partial charge is 0.162 e. The van der Waals surface area contributed by atoms with E-state index in [4.69, 9.17) is 16.3 Å². The van der Waals surface area contributed by atoms with Crippen LogP contribution in [0.2, 0.25) is 5.02 Å². The van der Waals surface area contributed by atoms with Crippen molar-refractivity contribution in [1.29, 1.82) is 0 Å². The number of hydrogen-bond donors (Lipinski definition) is 0. The maximum Gasteiger partial charge on any atom is 0.162 e. The van der Waals surface area contributed by atoms with Gasteiger partial charge in [0.25, 0.3) is 0 Å². The average Bonchev–Trinajstić information content (AvgIpc) is 2.28. The molecule has 94 valence electrons. The van der Waals surface area contributed by atoms with Crippen LogP contribution in [0.1, 0.15) is 43.5 Å². The van der Waals surface area contributed by atoms with E-state index in [2.05, 4.69) is 13.8 Å². The van der Waals surface area contributed by atoms with Crippen molar-refractivity contribution in [1.82, 2.24) is 0 Å². The summed E-state index contributed by atoms with van der Waals surface area (Å²) in [5.41, 5.74) is 0.666. The lowest BCUT2D eigenvalue weighted by atomic mass is 10.0.